The summed E-state index contributed by atoms with van der Waals surface area (Å²) < 4.78 is 2.07. The van der Waals surface area contributed by atoms with Crippen LogP contribution in [0.5, 0.6) is 0 Å². The topological polar surface area (TPSA) is 35.8 Å². The molecule has 1 saturated carbocycles. The summed E-state index contributed by atoms with van der Waals surface area (Å²) in [5.41, 5.74) is 1.18. The highest BCUT2D eigenvalue weighted by Gasteiger charge is 2.34. The normalized spacial score (nSPS) is 21.7. The zero-order valence-electron chi connectivity index (χ0n) is 14.8. The fourth-order valence-electron chi connectivity index (χ4n) is 3.46. The van der Waals surface area contributed by atoms with Crippen LogP contribution in [0.2, 0.25) is 5.02 Å². The Labute approximate surface area is 167 Å². The van der Waals surface area contributed by atoms with E-state index < -0.39 is 0 Å². The highest BCUT2D eigenvalue weighted by molar-refractivity contribution is 14.0. The van der Waals surface area contributed by atoms with Crippen molar-refractivity contribution < 1.29 is 0 Å². The molecule has 1 aromatic heterocycles. The van der Waals surface area contributed by atoms with E-state index in [1.54, 1.807) is 0 Å². The molecule has 2 heterocycles. The molecule has 1 N–H and O–H groups in total. The lowest BCUT2D eigenvalue weighted by Gasteiger charge is -2.24. The van der Waals surface area contributed by atoms with E-state index in [1.807, 2.05) is 26.4 Å². The highest BCUT2D eigenvalue weighted by Crippen LogP contribution is 2.31. The maximum atomic E-state index is 6.06. The summed E-state index contributed by atoms with van der Waals surface area (Å²) >= 11 is 6.06. The predicted molar refractivity (Wildman–Crippen MR) is 111 cm³/mol. The number of hydrogen-bond donors (Lipinski definition) is 1. The second-order valence-electron chi connectivity index (χ2n) is 6.93. The van der Waals surface area contributed by atoms with Gasteiger partial charge in [-0.25, -0.2) is 0 Å². The van der Waals surface area contributed by atoms with Crippen molar-refractivity contribution in [1.29, 1.82) is 0 Å². The molecule has 3 rings (SSSR count). The summed E-state index contributed by atoms with van der Waals surface area (Å²) in [7, 11) is 5.94. The lowest BCUT2D eigenvalue weighted by atomic mass is 10.1. The molecule has 24 heavy (non-hydrogen) atoms. The van der Waals surface area contributed by atoms with Crippen molar-refractivity contribution in [2.24, 2.45) is 18.0 Å². The van der Waals surface area contributed by atoms with Crippen LogP contribution in [0.1, 0.15) is 25.0 Å². The van der Waals surface area contributed by atoms with Crippen LogP contribution in [0.3, 0.4) is 0 Å². The number of hydrogen-bond acceptors (Lipinski definition) is 2. The molecule has 2 aliphatic rings. The zero-order chi connectivity index (χ0) is 16.4. The van der Waals surface area contributed by atoms with Crippen LogP contribution in [0.4, 0.5) is 0 Å². The fourth-order valence-corrected chi connectivity index (χ4v) is 3.73. The Morgan fingerprint density at radius 3 is 2.75 bits per heavy atom. The molecule has 1 aliphatic heterocycles. The minimum absolute atomic E-state index is 0. The van der Waals surface area contributed by atoms with Crippen LogP contribution in [0, 0.1) is 5.92 Å². The molecule has 1 unspecified atom stereocenters. The van der Waals surface area contributed by atoms with E-state index in [0.717, 1.165) is 36.0 Å². The lowest BCUT2D eigenvalue weighted by molar-refractivity contribution is 0.313. The van der Waals surface area contributed by atoms with E-state index >= 15 is 0 Å². The van der Waals surface area contributed by atoms with Gasteiger partial charge < -0.3 is 19.7 Å². The van der Waals surface area contributed by atoms with Crippen molar-refractivity contribution >= 4 is 41.5 Å². The van der Waals surface area contributed by atoms with Gasteiger partial charge in [0.1, 0.15) is 0 Å². The average Bonchev–Trinajstić information content (AvgIpc) is 3.17. The third-order valence-corrected chi connectivity index (χ3v) is 5.18. The first-order valence-corrected chi connectivity index (χ1v) is 8.91. The fraction of sp³-hybridized carbons (Fsp3) is 0.706. The standard InChI is InChI=1S/C17H28ClN5.HI/c1-19-17(22(3)12-16-8-14(18)11-21(16)2)20-9-13-6-7-23(10-13)15-4-5-15;/h8,11,13,15H,4-7,9-10,12H2,1-3H3,(H,19,20);1H. The average molecular weight is 466 g/mol. The molecule has 1 atom stereocenters. The summed E-state index contributed by atoms with van der Waals surface area (Å²) in [6.07, 6.45) is 6.05. The molecule has 0 amide bonds. The van der Waals surface area contributed by atoms with Gasteiger partial charge in [-0.2, -0.15) is 0 Å². The number of nitrogens with one attached hydrogen (secondary N) is 1. The summed E-state index contributed by atoms with van der Waals surface area (Å²) in [6, 6.07) is 2.90. The Balaban J connectivity index is 0.00000208. The highest BCUT2D eigenvalue weighted by atomic mass is 127. The summed E-state index contributed by atoms with van der Waals surface area (Å²) in [6.45, 7) is 4.31. The Kier molecular flexibility index (Phi) is 7.24. The second-order valence-corrected chi connectivity index (χ2v) is 7.36. The van der Waals surface area contributed by atoms with E-state index in [0.29, 0.717) is 0 Å². The van der Waals surface area contributed by atoms with Crippen molar-refractivity contribution in [3.05, 3.63) is 23.0 Å². The zero-order valence-corrected chi connectivity index (χ0v) is 17.9. The number of aliphatic imine (C=N–C) groups is 1. The number of guanidine groups is 1. The third-order valence-electron chi connectivity index (χ3n) is 4.98. The van der Waals surface area contributed by atoms with Gasteiger partial charge >= 0.3 is 0 Å². The Hall–Kier alpha value is -0.470. The Bertz CT molecular complexity index is 569. The molecular formula is C17H29ClIN5. The van der Waals surface area contributed by atoms with Gasteiger partial charge in [-0.1, -0.05) is 11.6 Å². The SMILES string of the molecule is CN=C(NCC1CCN(C2CC2)C1)N(C)Cc1cc(Cl)cn1C.I. The molecule has 1 saturated heterocycles. The van der Waals surface area contributed by atoms with Crippen molar-refractivity contribution in [3.8, 4) is 0 Å². The molecule has 5 nitrogen and oxygen atoms in total. The van der Waals surface area contributed by atoms with E-state index in [-0.39, 0.29) is 24.0 Å². The molecular weight excluding hydrogens is 437 g/mol. The summed E-state index contributed by atoms with van der Waals surface area (Å²) in [5.74, 6) is 1.69. The number of rotatable bonds is 5. The van der Waals surface area contributed by atoms with Gasteiger partial charge in [0.15, 0.2) is 5.96 Å². The van der Waals surface area contributed by atoms with Crippen molar-refractivity contribution in [2.75, 3.05) is 33.7 Å². The van der Waals surface area contributed by atoms with Crippen LogP contribution in [0.25, 0.3) is 0 Å². The number of aromatic nitrogens is 1. The van der Waals surface area contributed by atoms with Gasteiger partial charge in [0.05, 0.1) is 11.6 Å². The maximum Gasteiger partial charge on any atom is 0.193 e. The van der Waals surface area contributed by atoms with Crippen molar-refractivity contribution in [3.63, 3.8) is 0 Å². The van der Waals surface area contributed by atoms with Crippen molar-refractivity contribution in [1.82, 2.24) is 19.7 Å². The minimum atomic E-state index is 0. The number of likely N-dealkylation sites (tertiary alicyclic amines) is 1. The minimum Gasteiger partial charge on any atom is -0.356 e. The van der Waals surface area contributed by atoms with E-state index in [1.165, 1.54) is 38.0 Å². The van der Waals surface area contributed by atoms with Crippen LogP contribution in [0.15, 0.2) is 17.3 Å². The molecule has 1 aliphatic carbocycles. The molecule has 136 valence electrons. The Morgan fingerprint density at radius 2 is 2.17 bits per heavy atom. The van der Waals surface area contributed by atoms with E-state index in [9.17, 15) is 0 Å². The molecule has 1 aromatic rings. The first kappa shape index (κ1) is 19.8. The molecule has 7 heteroatoms. The molecule has 0 bridgehead atoms. The van der Waals surface area contributed by atoms with Crippen molar-refractivity contribution in [2.45, 2.75) is 31.8 Å². The van der Waals surface area contributed by atoms with Gasteiger partial charge in [0.25, 0.3) is 0 Å². The molecule has 0 spiro atoms. The van der Waals surface area contributed by atoms with Crippen LogP contribution >= 0.6 is 35.6 Å². The molecule has 0 radical (unpaired) electrons. The lowest BCUT2D eigenvalue weighted by Crippen LogP contribution is -2.41. The van der Waals surface area contributed by atoms with Gasteiger partial charge in [0, 0.05) is 52.2 Å². The quantitative estimate of drug-likeness (QED) is 0.413. The summed E-state index contributed by atoms with van der Waals surface area (Å²) in [4.78, 5) is 9.23. The number of aryl methyl sites for hydroxylation is 1. The first-order valence-electron chi connectivity index (χ1n) is 8.53. The Morgan fingerprint density at radius 1 is 1.42 bits per heavy atom. The molecule has 2 fully saturated rings. The van der Waals surface area contributed by atoms with E-state index in [2.05, 4.69) is 31.7 Å². The second kappa shape index (κ2) is 8.76. The van der Waals surface area contributed by atoms with Crippen LogP contribution < -0.4 is 5.32 Å². The van der Waals surface area contributed by atoms with Gasteiger partial charge in [0.2, 0.25) is 0 Å². The predicted octanol–water partition coefficient (Wildman–Crippen LogP) is 2.79. The summed E-state index contributed by atoms with van der Waals surface area (Å²) in [5, 5.41) is 4.33. The first-order chi connectivity index (χ1) is 11.1. The number of halogens is 2. The third kappa shape index (κ3) is 5.02. The monoisotopic (exact) mass is 465 g/mol. The molecule has 0 aromatic carbocycles. The van der Waals surface area contributed by atoms with Gasteiger partial charge in [-0.05, 0) is 37.8 Å². The van der Waals surface area contributed by atoms with Crippen LogP contribution in [-0.2, 0) is 13.6 Å². The van der Waals surface area contributed by atoms with E-state index in [4.69, 9.17) is 11.6 Å². The number of nitrogens with zero attached hydrogens (tertiary/aromatic N) is 4. The maximum absolute atomic E-state index is 6.06. The van der Waals surface area contributed by atoms with Gasteiger partial charge in [-0.15, -0.1) is 24.0 Å². The smallest absolute Gasteiger partial charge is 0.193 e. The largest absolute Gasteiger partial charge is 0.356 e. The van der Waals surface area contributed by atoms with Gasteiger partial charge in [-0.3, -0.25) is 4.99 Å². The van der Waals surface area contributed by atoms with Crippen LogP contribution in [-0.4, -0.2) is 60.1 Å².